The minimum absolute atomic E-state index is 0.0345. The van der Waals surface area contributed by atoms with Crippen molar-refractivity contribution in [2.75, 3.05) is 25.1 Å². The molecule has 31 heavy (non-hydrogen) atoms. The van der Waals surface area contributed by atoms with E-state index >= 15 is 0 Å². The van der Waals surface area contributed by atoms with E-state index in [2.05, 4.69) is 36.0 Å². The Kier molecular flexibility index (Phi) is 5.19. The lowest BCUT2D eigenvalue weighted by Crippen LogP contribution is -2.38. The maximum atomic E-state index is 11.9. The molecule has 1 saturated heterocycles. The van der Waals surface area contributed by atoms with E-state index in [4.69, 9.17) is 9.47 Å². The zero-order chi connectivity index (χ0) is 21.0. The Morgan fingerprint density at radius 2 is 2.10 bits per heavy atom. The van der Waals surface area contributed by atoms with Crippen molar-refractivity contribution >= 4 is 28.4 Å². The van der Waals surface area contributed by atoms with Crippen LogP contribution in [0.2, 0.25) is 0 Å². The first-order chi connectivity index (χ1) is 15.2. The predicted octanol–water partition coefficient (Wildman–Crippen LogP) is 2.38. The number of amides is 1. The number of aromatic amines is 2. The summed E-state index contributed by atoms with van der Waals surface area (Å²) in [5.41, 5.74) is 2.69. The van der Waals surface area contributed by atoms with Crippen molar-refractivity contribution < 1.29 is 14.3 Å². The minimum atomic E-state index is -0.154. The van der Waals surface area contributed by atoms with Crippen LogP contribution in [0.1, 0.15) is 6.42 Å². The SMILES string of the molecule is O=C(COc1ccc(-c2nc(Nc3ccc4[nH]ncc4c3)n[nH]2)cc1)NC1CCOC1. The molecule has 3 heterocycles. The number of hydrogen-bond donors (Lipinski definition) is 4. The van der Waals surface area contributed by atoms with Crippen molar-refractivity contribution in [1.82, 2.24) is 30.7 Å². The highest BCUT2D eigenvalue weighted by Gasteiger charge is 2.17. The van der Waals surface area contributed by atoms with Gasteiger partial charge < -0.3 is 20.1 Å². The van der Waals surface area contributed by atoms with E-state index in [0.29, 0.717) is 30.7 Å². The summed E-state index contributed by atoms with van der Waals surface area (Å²) >= 11 is 0. The van der Waals surface area contributed by atoms with Crippen LogP contribution in [0.25, 0.3) is 22.3 Å². The van der Waals surface area contributed by atoms with Crippen LogP contribution >= 0.6 is 0 Å². The minimum Gasteiger partial charge on any atom is -0.484 e. The molecule has 0 bridgehead atoms. The average Bonchev–Trinajstić information content (AvgIpc) is 3.55. The van der Waals surface area contributed by atoms with Crippen molar-refractivity contribution in [2.24, 2.45) is 0 Å². The molecule has 1 amide bonds. The summed E-state index contributed by atoms with van der Waals surface area (Å²) in [5, 5.41) is 21.2. The maximum Gasteiger partial charge on any atom is 0.258 e. The van der Waals surface area contributed by atoms with Gasteiger partial charge >= 0.3 is 0 Å². The van der Waals surface area contributed by atoms with Crippen molar-refractivity contribution in [3.8, 4) is 17.1 Å². The Hall–Kier alpha value is -3.92. The molecule has 1 fully saturated rings. The van der Waals surface area contributed by atoms with Crippen molar-refractivity contribution in [3.05, 3.63) is 48.7 Å². The lowest BCUT2D eigenvalue weighted by atomic mass is 10.2. The molecule has 0 saturated carbocycles. The third-order valence-electron chi connectivity index (χ3n) is 4.97. The van der Waals surface area contributed by atoms with E-state index in [-0.39, 0.29) is 18.6 Å². The van der Waals surface area contributed by atoms with Crippen LogP contribution in [0.3, 0.4) is 0 Å². The van der Waals surface area contributed by atoms with Gasteiger partial charge in [0.15, 0.2) is 12.4 Å². The number of H-pyrrole nitrogens is 2. The number of benzene rings is 2. The normalized spacial score (nSPS) is 15.8. The average molecular weight is 419 g/mol. The molecule has 5 rings (SSSR count). The fraction of sp³-hybridized carbons (Fsp3) is 0.238. The third kappa shape index (κ3) is 4.48. The molecule has 10 heteroatoms. The van der Waals surface area contributed by atoms with Crippen molar-refractivity contribution in [3.63, 3.8) is 0 Å². The number of ether oxygens (including phenoxy) is 2. The molecule has 4 aromatic rings. The van der Waals surface area contributed by atoms with E-state index in [9.17, 15) is 4.79 Å². The number of aromatic nitrogens is 5. The van der Waals surface area contributed by atoms with E-state index in [0.717, 1.165) is 28.6 Å². The highest BCUT2D eigenvalue weighted by molar-refractivity contribution is 5.82. The Morgan fingerprint density at radius 3 is 2.94 bits per heavy atom. The van der Waals surface area contributed by atoms with E-state index in [1.54, 1.807) is 18.3 Å². The van der Waals surface area contributed by atoms with Crippen molar-refractivity contribution in [1.29, 1.82) is 0 Å². The second kappa shape index (κ2) is 8.44. The fourth-order valence-electron chi connectivity index (χ4n) is 3.37. The molecule has 158 valence electrons. The number of carbonyl (C=O) groups is 1. The zero-order valence-corrected chi connectivity index (χ0v) is 16.6. The summed E-state index contributed by atoms with van der Waals surface area (Å²) in [5.74, 6) is 1.54. The zero-order valence-electron chi connectivity index (χ0n) is 16.6. The smallest absolute Gasteiger partial charge is 0.258 e. The van der Waals surface area contributed by atoms with E-state index < -0.39 is 0 Å². The number of carbonyl (C=O) groups excluding carboxylic acids is 1. The summed E-state index contributed by atoms with van der Waals surface area (Å²) in [7, 11) is 0. The van der Waals surface area contributed by atoms with Crippen LogP contribution in [0.4, 0.5) is 11.6 Å². The molecule has 2 aromatic heterocycles. The van der Waals surface area contributed by atoms with Crippen LogP contribution in [0.15, 0.2) is 48.7 Å². The number of hydrogen-bond acceptors (Lipinski definition) is 7. The highest BCUT2D eigenvalue weighted by Crippen LogP contribution is 2.23. The van der Waals surface area contributed by atoms with Crippen LogP contribution in [0.5, 0.6) is 5.75 Å². The van der Waals surface area contributed by atoms with Crippen molar-refractivity contribution in [2.45, 2.75) is 12.5 Å². The lowest BCUT2D eigenvalue weighted by Gasteiger charge is -2.11. The third-order valence-corrected chi connectivity index (χ3v) is 4.97. The number of fused-ring (bicyclic) bond motifs is 1. The molecule has 4 N–H and O–H groups in total. The van der Waals surface area contributed by atoms with E-state index in [1.807, 2.05) is 30.3 Å². The standard InChI is InChI=1S/C21H21N7O3/c29-19(23-16-7-8-30-11-16)12-31-17-4-1-13(2-5-17)20-25-21(28-27-20)24-15-3-6-18-14(9-15)10-22-26-18/h1-6,9-10,16H,7-8,11-12H2,(H,22,26)(H,23,29)(H2,24,25,27,28). The predicted molar refractivity (Wildman–Crippen MR) is 114 cm³/mol. The summed E-state index contributed by atoms with van der Waals surface area (Å²) in [6.07, 6.45) is 2.60. The second-order valence-corrected chi connectivity index (χ2v) is 7.25. The van der Waals surface area contributed by atoms with Gasteiger partial charge in [-0.1, -0.05) is 0 Å². The number of anilines is 2. The van der Waals surface area contributed by atoms with Crippen LogP contribution in [-0.4, -0.2) is 57.1 Å². The van der Waals surface area contributed by atoms with Gasteiger partial charge in [-0.3, -0.25) is 15.0 Å². The Labute approximate surface area is 177 Å². The van der Waals surface area contributed by atoms with Gasteiger partial charge in [-0.05, 0) is 48.9 Å². The Morgan fingerprint density at radius 1 is 1.19 bits per heavy atom. The number of nitrogens with zero attached hydrogens (tertiary/aromatic N) is 3. The first-order valence-corrected chi connectivity index (χ1v) is 9.96. The lowest BCUT2D eigenvalue weighted by molar-refractivity contribution is -0.123. The number of rotatable bonds is 7. The summed E-state index contributed by atoms with van der Waals surface area (Å²) in [6, 6.07) is 13.2. The summed E-state index contributed by atoms with van der Waals surface area (Å²) in [4.78, 5) is 16.4. The first kappa shape index (κ1) is 19.1. The van der Waals surface area contributed by atoms with Crippen LogP contribution < -0.4 is 15.4 Å². The molecule has 1 aliphatic heterocycles. The molecular weight excluding hydrogens is 398 g/mol. The number of nitrogens with one attached hydrogen (secondary N) is 4. The molecule has 1 unspecified atom stereocenters. The molecule has 0 aliphatic carbocycles. The Bertz CT molecular complexity index is 1180. The van der Waals surface area contributed by atoms with Gasteiger partial charge in [-0.15, -0.1) is 5.10 Å². The van der Waals surface area contributed by atoms with Gasteiger partial charge in [0.2, 0.25) is 5.95 Å². The Balaban J connectivity index is 1.18. The van der Waals surface area contributed by atoms with Crippen LogP contribution in [-0.2, 0) is 9.53 Å². The topological polar surface area (TPSA) is 130 Å². The van der Waals surface area contributed by atoms with Gasteiger partial charge in [0, 0.05) is 23.2 Å². The van der Waals surface area contributed by atoms with Gasteiger partial charge in [0.1, 0.15) is 5.75 Å². The fourth-order valence-corrected chi connectivity index (χ4v) is 3.37. The molecule has 0 spiro atoms. The molecule has 1 atom stereocenters. The van der Waals surface area contributed by atoms with Gasteiger partial charge in [0.25, 0.3) is 5.91 Å². The first-order valence-electron chi connectivity index (χ1n) is 9.96. The second-order valence-electron chi connectivity index (χ2n) is 7.25. The highest BCUT2D eigenvalue weighted by atomic mass is 16.5. The maximum absolute atomic E-state index is 11.9. The summed E-state index contributed by atoms with van der Waals surface area (Å²) in [6.45, 7) is 1.21. The van der Waals surface area contributed by atoms with Gasteiger partial charge in [-0.25, -0.2) is 0 Å². The quantitative estimate of drug-likeness (QED) is 0.362. The summed E-state index contributed by atoms with van der Waals surface area (Å²) < 4.78 is 10.8. The molecule has 1 aliphatic rings. The van der Waals surface area contributed by atoms with Gasteiger partial charge in [-0.2, -0.15) is 10.1 Å². The molecule has 2 aromatic carbocycles. The molecule has 0 radical (unpaired) electrons. The van der Waals surface area contributed by atoms with Gasteiger partial charge in [0.05, 0.1) is 24.4 Å². The molecular formula is C21H21N7O3. The molecule has 10 nitrogen and oxygen atoms in total. The largest absolute Gasteiger partial charge is 0.484 e. The van der Waals surface area contributed by atoms with E-state index in [1.165, 1.54) is 0 Å². The van der Waals surface area contributed by atoms with Crippen LogP contribution in [0, 0.1) is 0 Å². The monoisotopic (exact) mass is 419 g/mol.